The largest absolute Gasteiger partial charge is 0.354 e. The van der Waals surface area contributed by atoms with E-state index in [0.29, 0.717) is 37.5 Å². The third kappa shape index (κ3) is 5.62. The fraction of sp³-hybridized carbons (Fsp3) is 0.345. The van der Waals surface area contributed by atoms with Crippen LogP contribution in [0.2, 0.25) is 0 Å². The fourth-order valence-corrected chi connectivity index (χ4v) is 5.05. The van der Waals surface area contributed by atoms with E-state index < -0.39 is 6.04 Å². The van der Waals surface area contributed by atoms with Crippen molar-refractivity contribution in [2.75, 3.05) is 18.0 Å². The number of nitrogens with one attached hydrogen (secondary N) is 1. The first-order chi connectivity index (χ1) is 17.3. The monoisotopic (exact) mass is 549 g/mol. The normalized spacial score (nSPS) is 13.4. The molecule has 1 atom stereocenters. The van der Waals surface area contributed by atoms with Gasteiger partial charge in [0.05, 0.1) is 5.69 Å². The van der Waals surface area contributed by atoms with Gasteiger partial charge in [-0.25, -0.2) is 0 Å². The molecule has 0 saturated carbocycles. The Morgan fingerprint density at radius 1 is 1.03 bits per heavy atom. The SMILES string of the molecule is CC(C)CNC(=O)[C@@H](C)N(Cc1cccc(Br)c1)C(=O)CCCN1C(=O)c2cccc3cccc1c23. The first-order valence-electron chi connectivity index (χ1n) is 12.4. The molecule has 36 heavy (non-hydrogen) atoms. The van der Waals surface area contributed by atoms with Crippen LogP contribution in [0.1, 0.15) is 49.5 Å². The quantitative estimate of drug-likeness (QED) is 0.361. The summed E-state index contributed by atoms with van der Waals surface area (Å²) in [5.74, 6) is 0.0251. The van der Waals surface area contributed by atoms with Gasteiger partial charge in [0, 0.05) is 41.5 Å². The predicted molar refractivity (Wildman–Crippen MR) is 147 cm³/mol. The molecule has 3 amide bonds. The second-order valence-electron chi connectivity index (χ2n) is 9.71. The maximum absolute atomic E-state index is 13.4. The van der Waals surface area contributed by atoms with Gasteiger partial charge in [-0.05, 0) is 54.5 Å². The van der Waals surface area contributed by atoms with Crippen molar-refractivity contribution in [3.05, 3.63) is 76.3 Å². The third-order valence-corrected chi connectivity index (χ3v) is 7.01. The van der Waals surface area contributed by atoms with Gasteiger partial charge >= 0.3 is 0 Å². The summed E-state index contributed by atoms with van der Waals surface area (Å²) in [5.41, 5.74) is 2.55. The van der Waals surface area contributed by atoms with E-state index in [1.165, 1.54) is 0 Å². The van der Waals surface area contributed by atoms with Gasteiger partial charge in [0.25, 0.3) is 5.91 Å². The lowest BCUT2D eigenvalue weighted by molar-refractivity contribution is -0.140. The van der Waals surface area contributed by atoms with Crippen molar-refractivity contribution in [2.24, 2.45) is 5.92 Å². The molecule has 0 bridgehead atoms. The number of amides is 3. The van der Waals surface area contributed by atoms with Crippen LogP contribution in [0.5, 0.6) is 0 Å². The van der Waals surface area contributed by atoms with Gasteiger partial charge in [-0.15, -0.1) is 0 Å². The molecule has 0 radical (unpaired) electrons. The van der Waals surface area contributed by atoms with Crippen molar-refractivity contribution in [3.8, 4) is 0 Å². The molecule has 0 fully saturated rings. The molecule has 7 heteroatoms. The lowest BCUT2D eigenvalue weighted by Gasteiger charge is -2.29. The number of hydrogen-bond donors (Lipinski definition) is 1. The van der Waals surface area contributed by atoms with Crippen LogP contribution in [0.25, 0.3) is 10.8 Å². The van der Waals surface area contributed by atoms with Crippen LogP contribution in [0.4, 0.5) is 5.69 Å². The highest BCUT2D eigenvalue weighted by molar-refractivity contribution is 9.10. The number of carbonyl (C=O) groups is 3. The van der Waals surface area contributed by atoms with Crippen molar-refractivity contribution >= 4 is 50.1 Å². The summed E-state index contributed by atoms with van der Waals surface area (Å²) in [4.78, 5) is 42.7. The maximum atomic E-state index is 13.4. The minimum absolute atomic E-state index is 0.0262. The second kappa shape index (κ2) is 11.2. The van der Waals surface area contributed by atoms with E-state index in [2.05, 4.69) is 21.2 Å². The molecule has 188 valence electrons. The first kappa shape index (κ1) is 25.9. The Balaban J connectivity index is 1.45. The Bertz CT molecular complexity index is 1280. The Morgan fingerprint density at radius 3 is 2.47 bits per heavy atom. The summed E-state index contributed by atoms with van der Waals surface area (Å²) in [5, 5.41) is 4.96. The summed E-state index contributed by atoms with van der Waals surface area (Å²) in [6, 6.07) is 18.8. The van der Waals surface area contributed by atoms with E-state index in [1.54, 1.807) is 16.7 Å². The molecule has 0 saturated heterocycles. The molecule has 1 heterocycles. The molecule has 0 aliphatic carbocycles. The van der Waals surface area contributed by atoms with E-state index >= 15 is 0 Å². The van der Waals surface area contributed by atoms with Crippen molar-refractivity contribution in [2.45, 2.75) is 46.2 Å². The van der Waals surface area contributed by atoms with Crippen LogP contribution in [-0.4, -0.2) is 41.8 Å². The number of nitrogens with zero attached hydrogens (tertiary/aromatic N) is 2. The van der Waals surface area contributed by atoms with E-state index in [1.807, 2.05) is 74.5 Å². The lowest BCUT2D eigenvalue weighted by atomic mass is 10.1. The van der Waals surface area contributed by atoms with Gasteiger partial charge in [0.2, 0.25) is 11.8 Å². The highest BCUT2D eigenvalue weighted by Gasteiger charge is 2.30. The highest BCUT2D eigenvalue weighted by Crippen LogP contribution is 2.37. The number of carbonyl (C=O) groups excluding carboxylic acids is 3. The molecule has 0 aromatic heterocycles. The number of halogens is 1. The summed E-state index contributed by atoms with van der Waals surface area (Å²) >= 11 is 3.49. The smallest absolute Gasteiger partial charge is 0.258 e. The van der Waals surface area contributed by atoms with Gasteiger partial charge in [-0.3, -0.25) is 14.4 Å². The van der Waals surface area contributed by atoms with Crippen LogP contribution in [0, 0.1) is 5.92 Å². The van der Waals surface area contributed by atoms with Crippen LogP contribution in [0.3, 0.4) is 0 Å². The summed E-state index contributed by atoms with van der Waals surface area (Å²) in [6.45, 7) is 7.18. The molecule has 3 aromatic carbocycles. The average molecular weight is 550 g/mol. The van der Waals surface area contributed by atoms with Gasteiger partial charge in [-0.2, -0.15) is 0 Å². The minimum atomic E-state index is -0.610. The molecule has 6 nitrogen and oxygen atoms in total. The van der Waals surface area contributed by atoms with Gasteiger partial charge < -0.3 is 15.1 Å². The van der Waals surface area contributed by atoms with Gasteiger partial charge in [0.1, 0.15) is 6.04 Å². The Hall–Kier alpha value is -3.19. The number of anilines is 1. The molecule has 4 rings (SSSR count). The van der Waals surface area contributed by atoms with Crippen LogP contribution >= 0.6 is 15.9 Å². The van der Waals surface area contributed by atoms with Gasteiger partial charge in [0.15, 0.2) is 0 Å². The molecule has 1 aliphatic rings. The van der Waals surface area contributed by atoms with Crippen LogP contribution < -0.4 is 10.2 Å². The number of hydrogen-bond acceptors (Lipinski definition) is 3. The van der Waals surface area contributed by atoms with E-state index in [9.17, 15) is 14.4 Å². The third-order valence-electron chi connectivity index (χ3n) is 6.52. The first-order valence-corrected chi connectivity index (χ1v) is 13.2. The van der Waals surface area contributed by atoms with E-state index in [0.717, 1.165) is 26.5 Å². The molecular weight excluding hydrogens is 518 g/mol. The number of rotatable bonds is 10. The Morgan fingerprint density at radius 2 is 1.75 bits per heavy atom. The van der Waals surface area contributed by atoms with Crippen molar-refractivity contribution < 1.29 is 14.4 Å². The zero-order valence-electron chi connectivity index (χ0n) is 21.0. The fourth-order valence-electron chi connectivity index (χ4n) is 4.60. The molecule has 3 aromatic rings. The predicted octanol–water partition coefficient (Wildman–Crippen LogP) is 5.53. The molecule has 1 N–H and O–H groups in total. The van der Waals surface area contributed by atoms with Gasteiger partial charge in [-0.1, -0.05) is 66.2 Å². The lowest BCUT2D eigenvalue weighted by Crippen LogP contribution is -2.48. The maximum Gasteiger partial charge on any atom is 0.258 e. The Labute approximate surface area is 220 Å². The molecular formula is C29H32BrN3O3. The molecule has 0 unspecified atom stereocenters. The summed E-state index contributed by atoms with van der Waals surface area (Å²) < 4.78 is 0.922. The zero-order valence-corrected chi connectivity index (χ0v) is 22.5. The van der Waals surface area contributed by atoms with Crippen molar-refractivity contribution in [3.63, 3.8) is 0 Å². The topological polar surface area (TPSA) is 69.7 Å². The molecule has 0 spiro atoms. The van der Waals surface area contributed by atoms with Crippen LogP contribution in [-0.2, 0) is 16.1 Å². The standard InChI is InChI=1S/C29H32BrN3O3/c1-19(2)17-31-28(35)20(3)33(18-21-8-4-11-23(30)16-21)26(34)14-7-15-32-25-13-6-10-22-9-5-12-24(27(22)25)29(32)36/h4-6,8-13,16,19-20H,7,14-15,17-18H2,1-3H3,(H,31,35)/t20-/m1/s1. The van der Waals surface area contributed by atoms with Crippen LogP contribution in [0.15, 0.2) is 65.1 Å². The van der Waals surface area contributed by atoms with E-state index in [4.69, 9.17) is 0 Å². The number of benzene rings is 3. The van der Waals surface area contributed by atoms with Crippen molar-refractivity contribution in [1.29, 1.82) is 0 Å². The summed E-state index contributed by atoms with van der Waals surface area (Å²) in [6.07, 6.45) is 0.746. The zero-order chi connectivity index (χ0) is 25.8. The minimum Gasteiger partial charge on any atom is -0.354 e. The Kier molecular flexibility index (Phi) is 8.09. The van der Waals surface area contributed by atoms with E-state index in [-0.39, 0.29) is 24.1 Å². The molecule has 1 aliphatic heterocycles. The van der Waals surface area contributed by atoms with Crippen molar-refractivity contribution in [1.82, 2.24) is 10.2 Å². The second-order valence-corrected chi connectivity index (χ2v) is 10.6. The average Bonchev–Trinajstić information content (AvgIpc) is 3.13. The summed E-state index contributed by atoms with van der Waals surface area (Å²) in [7, 11) is 0. The highest BCUT2D eigenvalue weighted by atomic mass is 79.9.